The SMILES string of the molecule is CC(C)CNC(=O)C(=O)N(C(=O)CCC=O)C(=O)CCC(=O)O. The van der Waals surface area contributed by atoms with Crippen molar-refractivity contribution >= 4 is 35.9 Å². The molecule has 0 saturated carbocycles. The lowest BCUT2D eigenvalue weighted by molar-refractivity contribution is -0.160. The normalized spacial score (nSPS) is 10.0. The molecule has 9 heteroatoms. The van der Waals surface area contributed by atoms with Crippen molar-refractivity contribution in [3.8, 4) is 0 Å². The zero-order chi connectivity index (χ0) is 18.0. The monoisotopic (exact) mass is 328 g/mol. The number of hydrogen-bond acceptors (Lipinski definition) is 6. The first-order valence-corrected chi connectivity index (χ1v) is 7.04. The zero-order valence-corrected chi connectivity index (χ0v) is 13.0. The lowest BCUT2D eigenvalue weighted by Crippen LogP contribution is -2.49. The second-order valence-corrected chi connectivity index (χ2v) is 5.13. The van der Waals surface area contributed by atoms with E-state index in [1.807, 2.05) is 0 Å². The van der Waals surface area contributed by atoms with Crippen LogP contribution in [0.1, 0.15) is 39.5 Å². The lowest BCUT2D eigenvalue weighted by atomic mass is 10.2. The molecule has 9 nitrogen and oxygen atoms in total. The molecule has 23 heavy (non-hydrogen) atoms. The van der Waals surface area contributed by atoms with Crippen molar-refractivity contribution in [3.63, 3.8) is 0 Å². The van der Waals surface area contributed by atoms with Crippen LogP contribution < -0.4 is 5.32 Å². The largest absolute Gasteiger partial charge is 0.481 e. The Hall–Kier alpha value is -2.58. The molecular weight excluding hydrogens is 308 g/mol. The summed E-state index contributed by atoms with van der Waals surface area (Å²) >= 11 is 0. The van der Waals surface area contributed by atoms with Crippen LogP contribution in [0.15, 0.2) is 0 Å². The van der Waals surface area contributed by atoms with Gasteiger partial charge in [0.2, 0.25) is 11.8 Å². The number of aldehydes is 1. The number of amides is 4. The summed E-state index contributed by atoms with van der Waals surface area (Å²) in [5.41, 5.74) is 0. The molecule has 0 spiro atoms. The van der Waals surface area contributed by atoms with Gasteiger partial charge in [-0.05, 0) is 5.92 Å². The minimum Gasteiger partial charge on any atom is -0.481 e. The summed E-state index contributed by atoms with van der Waals surface area (Å²) in [6.45, 7) is 3.75. The van der Waals surface area contributed by atoms with Gasteiger partial charge in [-0.25, -0.2) is 4.90 Å². The highest BCUT2D eigenvalue weighted by Gasteiger charge is 2.32. The molecule has 0 atom stereocenters. The number of nitrogens with zero attached hydrogens (tertiary/aromatic N) is 1. The van der Waals surface area contributed by atoms with E-state index in [0.717, 1.165) is 0 Å². The maximum atomic E-state index is 12.0. The average Bonchev–Trinajstić information content (AvgIpc) is 2.48. The second kappa shape index (κ2) is 10.2. The fourth-order valence-corrected chi connectivity index (χ4v) is 1.46. The van der Waals surface area contributed by atoms with Gasteiger partial charge in [0.05, 0.1) is 6.42 Å². The lowest BCUT2D eigenvalue weighted by Gasteiger charge is -2.18. The van der Waals surface area contributed by atoms with Crippen molar-refractivity contribution < 1.29 is 33.9 Å². The predicted octanol–water partition coefficient (Wildman–Crippen LogP) is -0.516. The molecular formula is C14H20N2O7. The topological polar surface area (TPSA) is 138 Å². The van der Waals surface area contributed by atoms with Crippen molar-refractivity contribution in [2.75, 3.05) is 6.54 Å². The van der Waals surface area contributed by atoms with Crippen molar-refractivity contribution in [1.82, 2.24) is 10.2 Å². The molecule has 0 fully saturated rings. The van der Waals surface area contributed by atoms with Crippen LogP contribution in [0.3, 0.4) is 0 Å². The molecule has 0 aromatic heterocycles. The third-order valence-electron chi connectivity index (χ3n) is 2.60. The van der Waals surface area contributed by atoms with Crippen molar-refractivity contribution in [1.29, 1.82) is 0 Å². The predicted molar refractivity (Wildman–Crippen MR) is 76.9 cm³/mol. The molecule has 0 heterocycles. The van der Waals surface area contributed by atoms with Crippen molar-refractivity contribution in [2.24, 2.45) is 5.92 Å². The number of nitrogens with one attached hydrogen (secondary N) is 1. The van der Waals surface area contributed by atoms with Gasteiger partial charge in [-0.15, -0.1) is 0 Å². The van der Waals surface area contributed by atoms with Crippen LogP contribution in [0.2, 0.25) is 0 Å². The number of carboxylic acid groups (broad SMARTS) is 1. The molecule has 0 aliphatic heterocycles. The number of carbonyl (C=O) groups excluding carboxylic acids is 5. The van der Waals surface area contributed by atoms with Crippen molar-refractivity contribution in [3.05, 3.63) is 0 Å². The van der Waals surface area contributed by atoms with E-state index in [1.54, 1.807) is 13.8 Å². The van der Waals surface area contributed by atoms with Crippen LogP contribution in [0.5, 0.6) is 0 Å². The highest BCUT2D eigenvalue weighted by molar-refractivity contribution is 6.41. The fourth-order valence-electron chi connectivity index (χ4n) is 1.46. The van der Waals surface area contributed by atoms with Crippen LogP contribution in [-0.4, -0.2) is 52.4 Å². The molecule has 0 aliphatic rings. The van der Waals surface area contributed by atoms with E-state index in [4.69, 9.17) is 5.11 Å². The van der Waals surface area contributed by atoms with Gasteiger partial charge < -0.3 is 15.2 Å². The van der Waals surface area contributed by atoms with Gasteiger partial charge in [-0.1, -0.05) is 13.8 Å². The van der Waals surface area contributed by atoms with Crippen LogP contribution in [0, 0.1) is 5.92 Å². The number of carbonyl (C=O) groups is 6. The first kappa shape index (κ1) is 20.4. The van der Waals surface area contributed by atoms with Crippen LogP contribution in [0.4, 0.5) is 0 Å². The molecule has 0 aromatic carbocycles. The molecule has 0 saturated heterocycles. The van der Waals surface area contributed by atoms with Gasteiger partial charge in [0, 0.05) is 25.8 Å². The second-order valence-electron chi connectivity index (χ2n) is 5.13. The van der Waals surface area contributed by atoms with Gasteiger partial charge in [-0.3, -0.25) is 24.0 Å². The molecule has 0 unspecified atom stereocenters. The van der Waals surface area contributed by atoms with Gasteiger partial charge in [-0.2, -0.15) is 0 Å². The Labute approximate surface area is 133 Å². The third-order valence-corrected chi connectivity index (χ3v) is 2.60. The Morgan fingerprint density at radius 2 is 1.61 bits per heavy atom. The van der Waals surface area contributed by atoms with Gasteiger partial charge in [0.1, 0.15) is 6.29 Å². The van der Waals surface area contributed by atoms with Gasteiger partial charge >= 0.3 is 17.8 Å². The Kier molecular flexibility index (Phi) is 9.05. The standard InChI is InChI=1S/C14H20N2O7/c1-9(2)8-15-13(22)14(23)16(10(18)4-3-7-17)11(19)5-6-12(20)21/h7,9H,3-6,8H2,1-2H3,(H,15,22)(H,20,21). The van der Waals surface area contributed by atoms with E-state index < -0.39 is 48.9 Å². The van der Waals surface area contributed by atoms with E-state index in [-0.39, 0.29) is 23.8 Å². The summed E-state index contributed by atoms with van der Waals surface area (Å²) in [7, 11) is 0. The smallest absolute Gasteiger partial charge is 0.325 e. The molecule has 0 aliphatic carbocycles. The summed E-state index contributed by atoms with van der Waals surface area (Å²) in [6, 6.07) is 0. The molecule has 0 radical (unpaired) electrons. The van der Waals surface area contributed by atoms with Crippen LogP contribution in [-0.2, 0) is 28.8 Å². The van der Waals surface area contributed by atoms with E-state index in [0.29, 0.717) is 6.29 Å². The Morgan fingerprint density at radius 1 is 1.04 bits per heavy atom. The molecule has 2 N–H and O–H groups in total. The molecule has 0 aromatic rings. The Morgan fingerprint density at radius 3 is 2.09 bits per heavy atom. The maximum Gasteiger partial charge on any atom is 0.325 e. The summed E-state index contributed by atoms with van der Waals surface area (Å²) in [5.74, 6) is -5.85. The van der Waals surface area contributed by atoms with Gasteiger partial charge in [0.25, 0.3) is 0 Å². The van der Waals surface area contributed by atoms with E-state index >= 15 is 0 Å². The number of carboxylic acids is 1. The van der Waals surface area contributed by atoms with E-state index in [9.17, 15) is 28.8 Å². The number of imide groups is 3. The highest BCUT2D eigenvalue weighted by atomic mass is 16.4. The number of rotatable bonds is 8. The summed E-state index contributed by atoms with van der Waals surface area (Å²) in [4.78, 5) is 68.4. The van der Waals surface area contributed by atoms with Crippen molar-refractivity contribution in [2.45, 2.75) is 39.5 Å². The summed E-state index contributed by atoms with van der Waals surface area (Å²) in [6.07, 6.45) is -1.41. The highest BCUT2D eigenvalue weighted by Crippen LogP contribution is 2.05. The molecule has 128 valence electrons. The van der Waals surface area contributed by atoms with E-state index in [2.05, 4.69) is 5.32 Å². The first-order valence-electron chi connectivity index (χ1n) is 7.04. The molecule has 4 amide bonds. The maximum absolute atomic E-state index is 12.0. The zero-order valence-electron chi connectivity index (χ0n) is 13.0. The van der Waals surface area contributed by atoms with Gasteiger partial charge in [0.15, 0.2) is 0 Å². The number of aliphatic carboxylic acids is 1. The number of hydrogen-bond donors (Lipinski definition) is 2. The summed E-state index contributed by atoms with van der Waals surface area (Å²) in [5, 5.41) is 10.8. The minimum absolute atomic E-state index is 0.0497. The van der Waals surface area contributed by atoms with Crippen LogP contribution >= 0.6 is 0 Å². The Bertz CT molecular complexity index is 499. The fraction of sp³-hybridized carbons (Fsp3) is 0.571. The quantitative estimate of drug-likeness (QED) is 0.452. The Balaban J connectivity index is 5.08. The molecule has 0 bridgehead atoms. The van der Waals surface area contributed by atoms with E-state index in [1.165, 1.54) is 0 Å². The summed E-state index contributed by atoms with van der Waals surface area (Å²) < 4.78 is 0. The average molecular weight is 328 g/mol. The first-order chi connectivity index (χ1) is 10.7. The van der Waals surface area contributed by atoms with Crippen LogP contribution in [0.25, 0.3) is 0 Å². The third kappa shape index (κ3) is 7.84. The minimum atomic E-state index is -1.38. The molecule has 0 rings (SSSR count).